The summed E-state index contributed by atoms with van der Waals surface area (Å²) in [6, 6.07) is 9.12. The van der Waals surface area contributed by atoms with Crippen LogP contribution in [0.1, 0.15) is 23.2 Å². The monoisotopic (exact) mass is 343 g/mol. The van der Waals surface area contributed by atoms with Crippen LogP contribution in [-0.4, -0.2) is 16.7 Å². The second-order valence-electron chi connectivity index (χ2n) is 5.71. The van der Waals surface area contributed by atoms with Gasteiger partial charge in [-0.05, 0) is 49.2 Å². The van der Waals surface area contributed by atoms with Crippen molar-refractivity contribution in [1.82, 2.24) is 0 Å². The Bertz CT molecular complexity index is 847. The highest BCUT2D eigenvalue weighted by Gasteiger charge is 2.29. The molecule has 1 saturated carbocycles. The molecule has 2 aromatic carbocycles. The lowest BCUT2D eigenvalue weighted by atomic mass is 10.1. The van der Waals surface area contributed by atoms with E-state index in [0.717, 1.165) is 25.0 Å². The number of hydrogen-bond donors (Lipinski definition) is 2. The van der Waals surface area contributed by atoms with Crippen LogP contribution in [0.5, 0.6) is 0 Å². The number of anilines is 2. The Kier molecular flexibility index (Phi) is 4.42. The summed E-state index contributed by atoms with van der Waals surface area (Å²) in [6.07, 6.45) is 1.80. The van der Waals surface area contributed by atoms with Crippen molar-refractivity contribution in [2.75, 3.05) is 10.6 Å². The van der Waals surface area contributed by atoms with E-state index in [4.69, 9.17) is 0 Å². The third kappa shape index (κ3) is 3.97. The first-order valence-electron chi connectivity index (χ1n) is 7.60. The van der Waals surface area contributed by atoms with Crippen LogP contribution in [0, 0.1) is 21.8 Å². The van der Waals surface area contributed by atoms with Crippen molar-refractivity contribution in [3.63, 3.8) is 0 Å². The molecule has 0 aliphatic heterocycles. The van der Waals surface area contributed by atoms with Gasteiger partial charge >= 0.3 is 0 Å². The summed E-state index contributed by atoms with van der Waals surface area (Å²) < 4.78 is 13.1. The van der Waals surface area contributed by atoms with Crippen LogP contribution >= 0.6 is 0 Å². The molecule has 0 bridgehead atoms. The summed E-state index contributed by atoms with van der Waals surface area (Å²) in [7, 11) is 0. The summed E-state index contributed by atoms with van der Waals surface area (Å²) in [5, 5.41) is 16.2. The lowest BCUT2D eigenvalue weighted by Gasteiger charge is -2.08. The van der Waals surface area contributed by atoms with Gasteiger partial charge in [0.1, 0.15) is 11.4 Å². The van der Waals surface area contributed by atoms with Gasteiger partial charge in [-0.15, -0.1) is 0 Å². The Morgan fingerprint density at radius 2 is 1.64 bits per heavy atom. The van der Waals surface area contributed by atoms with E-state index in [1.807, 2.05) is 0 Å². The van der Waals surface area contributed by atoms with Crippen molar-refractivity contribution in [3.05, 3.63) is 64.0 Å². The smallest absolute Gasteiger partial charge is 0.285 e. The first-order chi connectivity index (χ1) is 11.9. The molecule has 0 aromatic heterocycles. The predicted molar refractivity (Wildman–Crippen MR) is 88.8 cm³/mol. The van der Waals surface area contributed by atoms with Gasteiger partial charge in [0.2, 0.25) is 5.91 Å². The van der Waals surface area contributed by atoms with Crippen molar-refractivity contribution in [3.8, 4) is 0 Å². The van der Waals surface area contributed by atoms with Gasteiger partial charge in [-0.3, -0.25) is 19.7 Å². The average molecular weight is 343 g/mol. The number of nitro groups is 1. The minimum Gasteiger partial charge on any atom is -0.326 e. The zero-order valence-electron chi connectivity index (χ0n) is 13.0. The zero-order chi connectivity index (χ0) is 18.0. The topological polar surface area (TPSA) is 101 Å². The molecule has 1 aliphatic carbocycles. The van der Waals surface area contributed by atoms with Crippen molar-refractivity contribution in [2.45, 2.75) is 12.8 Å². The van der Waals surface area contributed by atoms with Gasteiger partial charge in [0.05, 0.1) is 11.0 Å². The van der Waals surface area contributed by atoms with Gasteiger partial charge in [0, 0.05) is 17.3 Å². The maximum absolute atomic E-state index is 13.1. The molecule has 1 fully saturated rings. The Balaban J connectivity index is 1.70. The summed E-state index contributed by atoms with van der Waals surface area (Å²) >= 11 is 0. The molecule has 0 heterocycles. The number of carbonyl (C=O) groups is 2. The normalized spacial score (nSPS) is 13.2. The van der Waals surface area contributed by atoms with Crippen LogP contribution in [0.15, 0.2) is 42.5 Å². The molecular weight excluding hydrogens is 329 g/mol. The molecule has 0 spiro atoms. The zero-order valence-corrected chi connectivity index (χ0v) is 13.0. The average Bonchev–Trinajstić information content (AvgIpc) is 3.41. The number of benzene rings is 2. The van der Waals surface area contributed by atoms with Crippen LogP contribution in [-0.2, 0) is 4.79 Å². The maximum Gasteiger partial charge on any atom is 0.285 e. The second-order valence-corrected chi connectivity index (χ2v) is 5.71. The molecule has 2 amide bonds. The van der Waals surface area contributed by atoms with E-state index in [0.29, 0.717) is 17.4 Å². The highest BCUT2D eigenvalue weighted by atomic mass is 19.1. The molecule has 1 aliphatic rings. The molecule has 2 aromatic rings. The van der Waals surface area contributed by atoms with Crippen LogP contribution in [0.2, 0.25) is 0 Å². The summed E-state index contributed by atoms with van der Waals surface area (Å²) in [6.45, 7) is 0. The van der Waals surface area contributed by atoms with Gasteiger partial charge < -0.3 is 10.6 Å². The number of hydrogen-bond acceptors (Lipinski definition) is 4. The fraction of sp³-hybridized carbons (Fsp3) is 0.176. The van der Waals surface area contributed by atoms with Crippen LogP contribution < -0.4 is 10.6 Å². The van der Waals surface area contributed by atoms with E-state index >= 15 is 0 Å². The van der Waals surface area contributed by atoms with Crippen LogP contribution in [0.3, 0.4) is 0 Å². The van der Waals surface area contributed by atoms with Gasteiger partial charge in [-0.25, -0.2) is 4.39 Å². The Hall–Kier alpha value is -3.29. The third-order valence-electron chi connectivity index (χ3n) is 3.76. The lowest BCUT2D eigenvalue weighted by molar-refractivity contribution is -0.385. The molecule has 3 rings (SSSR count). The Labute approximate surface area is 142 Å². The standard InChI is InChI=1S/C17H14FN3O4/c18-11-3-8-14(15(9-11)21(24)25)17(23)20-13-6-4-12(5-7-13)19-16(22)10-1-2-10/h3-10H,1-2H2,(H,19,22)(H,20,23). The highest BCUT2D eigenvalue weighted by Crippen LogP contribution is 2.30. The van der Waals surface area contributed by atoms with Crippen LogP contribution in [0.25, 0.3) is 0 Å². The van der Waals surface area contributed by atoms with Gasteiger partial charge in [0.25, 0.3) is 11.6 Å². The fourth-order valence-corrected chi connectivity index (χ4v) is 2.27. The SMILES string of the molecule is O=C(Nc1ccc(NC(=O)C2CC2)cc1)c1ccc(F)cc1[N+](=O)[O-]. The second kappa shape index (κ2) is 6.68. The molecule has 25 heavy (non-hydrogen) atoms. The van der Waals surface area contributed by atoms with Crippen LogP contribution in [0.4, 0.5) is 21.5 Å². The molecular formula is C17H14FN3O4. The Morgan fingerprint density at radius 1 is 1.04 bits per heavy atom. The number of amides is 2. The molecule has 2 N–H and O–H groups in total. The number of nitrogens with zero attached hydrogens (tertiary/aromatic N) is 1. The largest absolute Gasteiger partial charge is 0.326 e. The van der Waals surface area contributed by atoms with Gasteiger partial charge in [-0.1, -0.05) is 0 Å². The molecule has 0 saturated heterocycles. The van der Waals surface area contributed by atoms with Crippen molar-refractivity contribution < 1.29 is 18.9 Å². The number of carbonyl (C=O) groups excluding carboxylic acids is 2. The van der Waals surface area contributed by atoms with Crippen molar-refractivity contribution >= 4 is 28.9 Å². The third-order valence-corrected chi connectivity index (χ3v) is 3.76. The molecule has 0 radical (unpaired) electrons. The highest BCUT2D eigenvalue weighted by molar-refractivity contribution is 6.07. The molecule has 8 heteroatoms. The van der Waals surface area contributed by atoms with E-state index < -0.39 is 22.3 Å². The van der Waals surface area contributed by atoms with Gasteiger partial charge in [0.15, 0.2) is 0 Å². The summed E-state index contributed by atoms with van der Waals surface area (Å²) in [5.41, 5.74) is 0.152. The minimum atomic E-state index is -0.811. The van der Waals surface area contributed by atoms with E-state index in [-0.39, 0.29) is 17.4 Å². The molecule has 0 atom stereocenters. The van der Waals surface area contributed by atoms with E-state index in [2.05, 4.69) is 10.6 Å². The number of nitrogens with one attached hydrogen (secondary N) is 2. The first-order valence-corrected chi connectivity index (χ1v) is 7.60. The van der Waals surface area contributed by atoms with Gasteiger partial charge in [-0.2, -0.15) is 0 Å². The van der Waals surface area contributed by atoms with E-state index in [1.165, 1.54) is 0 Å². The summed E-state index contributed by atoms with van der Waals surface area (Å²) in [5.74, 6) is -1.46. The fourth-order valence-electron chi connectivity index (χ4n) is 2.27. The predicted octanol–water partition coefficient (Wildman–Crippen LogP) is 3.33. The first kappa shape index (κ1) is 16.6. The molecule has 128 valence electrons. The number of rotatable bonds is 5. The maximum atomic E-state index is 13.1. The Morgan fingerprint density at radius 3 is 2.20 bits per heavy atom. The molecule has 7 nitrogen and oxygen atoms in total. The lowest BCUT2D eigenvalue weighted by Crippen LogP contribution is -2.15. The minimum absolute atomic E-state index is 0.0290. The van der Waals surface area contributed by atoms with E-state index in [1.54, 1.807) is 24.3 Å². The number of halogens is 1. The van der Waals surface area contributed by atoms with Crippen molar-refractivity contribution in [1.29, 1.82) is 0 Å². The number of nitro benzene ring substituents is 1. The summed E-state index contributed by atoms with van der Waals surface area (Å²) in [4.78, 5) is 34.0. The van der Waals surface area contributed by atoms with E-state index in [9.17, 15) is 24.1 Å². The van der Waals surface area contributed by atoms with Crippen molar-refractivity contribution in [2.24, 2.45) is 5.92 Å². The quantitative estimate of drug-likeness (QED) is 0.642. The molecule has 0 unspecified atom stereocenters.